The zero-order chi connectivity index (χ0) is 9.35. The Morgan fingerprint density at radius 3 is 2.42 bits per heavy atom. The lowest BCUT2D eigenvalue weighted by Gasteiger charge is -2.09. The summed E-state index contributed by atoms with van der Waals surface area (Å²) in [6.45, 7) is 3.22. The van der Waals surface area contributed by atoms with E-state index in [1.165, 1.54) is 18.2 Å². The normalized spacial score (nSPS) is 11.6. The minimum atomic E-state index is -2.37. The predicted octanol–water partition coefficient (Wildman–Crippen LogP) is 1.66. The van der Waals surface area contributed by atoms with Crippen LogP contribution in [0.4, 0.5) is 10.1 Å². The van der Waals surface area contributed by atoms with E-state index < -0.39 is 13.0 Å². The SMILES string of the molecule is CP(C)(=O)c1ccc(F)cc1N. The molecule has 0 atom stereocenters. The largest absolute Gasteiger partial charge is 0.398 e. The van der Waals surface area contributed by atoms with Crippen LogP contribution in [-0.2, 0) is 4.57 Å². The number of halogens is 1. The van der Waals surface area contributed by atoms with Crippen LogP contribution in [0.5, 0.6) is 0 Å². The van der Waals surface area contributed by atoms with Gasteiger partial charge in [0.15, 0.2) is 0 Å². The quantitative estimate of drug-likeness (QED) is 0.536. The molecule has 1 rings (SSSR count). The van der Waals surface area contributed by atoms with Crippen molar-refractivity contribution in [3.63, 3.8) is 0 Å². The molecular formula is C8H11FNOP. The fraction of sp³-hybridized carbons (Fsp3) is 0.250. The van der Waals surface area contributed by atoms with Crippen LogP contribution in [0.1, 0.15) is 0 Å². The van der Waals surface area contributed by atoms with Crippen molar-refractivity contribution < 1.29 is 8.96 Å². The average molecular weight is 187 g/mol. The van der Waals surface area contributed by atoms with Gasteiger partial charge in [0.25, 0.3) is 0 Å². The van der Waals surface area contributed by atoms with Crippen LogP contribution >= 0.6 is 7.14 Å². The van der Waals surface area contributed by atoms with Crippen molar-refractivity contribution in [2.75, 3.05) is 19.1 Å². The van der Waals surface area contributed by atoms with Crippen LogP contribution in [-0.4, -0.2) is 13.3 Å². The van der Waals surface area contributed by atoms with E-state index in [1.54, 1.807) is 13.3 Å². The van der Waals surface area contributed by atoms with Crippen LogP contribution in [0, 0.1) is 5.82 Å². The molecule has 2 nitrogen and oxygen atoms in total. The van der Waals surface area contributed by atoms with Gasteiger partial charge in [-0.05, 0) is 31.5 Å². The number of hydrogen-bond acceptors (Lipinski definition) is 2. The smallest absolute Gasteiger partial charge is 0.125 e. The third kappa shape index (κ3) is 1.86. The molecule has 0 aliphatic heterocycles. The van der Waals surface area contributed by atoms with Crippen molar-refractivity contribution in [2.45, 2.75) is 0 Å². The Kier molecular flexibility index (Phi) is 2.25. The molecule has 0 amide bonds. The van der Waals surface area contributed by atoms with Gasteiger partial charge in [0.1, 0.15) is 13.0 Å². The molecule has 0 heterocycles. The molecule has 0 unspecified atom stereocenters. The fourth-order valence-corrected chi connectivity index (χ4v) is 2.14. The minimum absolute atomic E-state index is 0.267. The van der Waals surface area contributed by atoms with Gasteiger partial charge in [-0.1, -0.05) is 0 Å². The van der Waals surface area contributed by atoms with Gasteiger partial charge in [-0.15, -0.1) is 0 Å². The van der Waals surface area contributed by atoms with Gasteiger partial charge in [0, 0.05) is 11.0 Å². The van der Waals surface area contributed by atoms with Crippen LogP contribution in [0.25, 0.3) is 0 Å². The van der Waals surface area contributed by atoms with Gasteiger partial charge in [0.2, 0.25) is 0 Å². The first-order valence-electron chi connectivity index (χ1n) is 3.52. The van der Waals surface area contributed by atoms with E-state index in [0.717, 1.165) is 0 Å². The molecule has 0 radical (unpaired) electrons. The summed E-state index contributed by atoms with van der Waals surface area (Å²) in [5.74, 6) is -0.398. The highest BCUT2D eigenvalue weighted by molar-refractivity contribution is 7.70. The molecule has 12 heavy (non-hydrogen) atoms. The van der Waals surface area contributed by atoms with Crippen LogP contribution in [0.2, 0.25) is 0 Å². The molecule has 0 fully saturated rings. The maximum Gasteiger partial charge on any atom is 0.125 e. The van der Waals surface area contributed by atoms with E-state index in [-0.39, 0.29) is 5.69 Å². The summed E-state index contributed by atoms with van der Waals surface area (Å²) in [6.07, 6.45) is 0. The van der Waals surface area contributed by atoms with Crippen molar-refractivity contribution in [3.05, 3.63) is 24.0 Å². The predicted molar refractivity (Wildman–Crippen MR) is 49.9 cm³/mol. The summed E-state index contributed by atoms with van der Waals surface area (Å²) >= 11 is 0. The first-order valence-corrected chi connectivity index (χ1v) is 6.12. The maximum atomic E-state index is 12.6. The summed E-state index contributed by atoms with van der Waals surface area (Å²) in [7, 11) is -2.37. The maximum absolute atomic E-state index is 12.6. The van der Waals surface area contributed by atoms with Gasteiger partial charge >= 0.3 is 0 Å². The zero-order valence-electron chi connectivity index (χ0n) is 7.04. The summed E-state index contributed by atoms with van der Waals surface area (Å²) in [5.41, 5.74) is 5.76. The standard InChI is InChI=1S/C8H11FNOP/c1-12(2,11)8-4-3-6(9)5-7(8)10/h3-5H,10H2,1-2H3. The Morgan fingerprint density at radius 1 is 1.42 bits per heavy atom. The second-order valence-corrected chi connectivity index (χ2v) is 6.24. The lowest BCUT2D eigenvalue weighted by atomic mass is 10.3. The first-order chi connectivity index (χ1) is 5.41. The third-order valence-corrected chi connectivity index (χ3v) is 3.14. The van der Waals surface area contributed by atoms with E-state index in [9.17, 15) is 8.96 Å². The number of nitrogens with two attached hydrogens (primary N) is 1. The van der Waals surface area contributed by atoms with E-state index in [0.29, 0.717) is 5.30 Å². The summed E-state index contributed by atoms with van der Waals surface area (Å²) in [4.78, 5) is 0. The molecule has 0 saturated heterocycles. The molecule has 0 aromatic heterocycles. The van der Waals surface area contributed by atoms with Crippen molar-refractivity contribution in [1.29, 1.82) is 0 Å². The molecular weight excluding hydrogens is 176 g/mol. The van der Waals surface area contributed by atoms with E-state index in [4.69, 9.17) is 5.73 Å². The van der Waals surface area contributed by atoms with Crippen molar-refractivity contribution >= 4 is 18.1 Å². The molecule has 2 N–H and O–H groups in total. The van der Waals surface area contributed by atoms with Gasteiger partial charge in [-0.2, -0.15) is 0 Å². The molecule has 66 valence electrons. The lowest BCUT2D eigenvalue weighted by Crippen LogP contribution is -2.09. The molecule has 1 aromatic carbocycles. The fourth-order valence-electron chi connectivity index (χ4n) is 1.02. The van der Waals surface area contributed by atoms with Gasteiger partial charge in [-0.25, -0.2) is 4.39 Å². The Labute approximate surface area is 71.0 Å². The number of rotatable bonds is 1. The Hall–Kier alpha value is -0.820. The van der Waals surface area contributed by atoms with Crippen LogP contribution < -0.4 is 11.0 Å². The second kappa shape index (κ2) is 2.91. The molecule has 0 aliphatic carbocycles. The van der Waals surface area contributed by atoms with Gasteiger partial charge in [0.05, 0.1) is 0 Å². The Bertz CT molecular complexity index is 345. The molecule has 0 spiro atoms. The molecule has 4 heteroatoms. The first kappa shape index (κ1) is 9.27. The second-order valence-electron chi connectivity index (χ2n) is 3.05. The van der Waals surface area contributed by atoms with Crippen molar-refractivity contribution in [1.82, 2.24) is 0 Å². The van der Waals surface area contributed by atoms with Crippen LogP contribution in [0.3, 0.4) is 0 Å². The highest BCUT2D eigenvalue weighted by Crippen LogP contribution is 2.36. The van der Waals surface area contributed by atoms with Gasteiger partial charge in [-0.3, -0.25) is 0 Å². The topological polar surface area (TPSA) is 43.1 Å². The molecule has 0 aliphatic rings. The number of benzene rings is 1. The summed E-state index contributed by atoms with van der Waals surface area (Å²) < 4.78 is 24.1. The minimum Gasteiger partial charge on any atom is -0.398 e. The number of nitrogen functional groups attached to an aromatic ring is 1. The van der Waals surface area contributed by atoms with Crippen LogP contribution in [0.15, 0.2) is 18.2 Å². The van der Waals surface area contributed by atoms with Crippen molar-refractivity contribution in [3.8, 4) is 0 Å². The summed E-state index contributed by atoms with van der Waals surface area (Å²) in [6, 6.07) is 3.94. The highest BCUT2D eigenvalue weighted by atomic mass is 31.2. The zero-order valence-corrected chi connectivity index (χ0v) is 7.94. The van der Waals surface area contributed by atoms with Gasteiger partial charge < -0.3 is 10.3 Å². The Balaban J connectivity index is 3.28. The lowest BCUT2D eigenvalue weighted by molar-refractivity contribution is 0.588. The molecule has 0 saturated carbocycles. The van der Waals surface area contributed by atoms with Crippen molar-refractivity contribution in [2.24, 2.45) is 0 Å². The molecule has 1 aromatic rings. The summed E-state index contributed by atoms with van der Waals surface area (Å²) in [5, 5.41) is 0.545. The average Bonchev–Trinajstić information content (AvgIpc) is 1.83. The highest BCUT2D eigenvalue weighted by Gasteiger charge is 2.14. The third-order valence-electron chi connectivity index (χ3n) is 1.57. The van der Waals surface area contributed by atoms with E-state index in [1.807, 2.05) is 0 Å². The monoisotopic (exact) mass is 187 g/mol. The number of anilines is 1. The molecule has 0 bridgehead atoms. The Morgan fingerprint density at radius 2 is 2.00 bits per heavy atom. The number of hydrogen-bond donors (Lipinski definition) is 1. The van der Waals surface area contributed by atoms with E-state index in [2.05, 4.69) is 0 Å². The van der Waals surface area contributed by atoms with E-state index >= 15 is 0 Å².